The number of aryl methyl sites for hydroxylation is 1. The van der Waals surface area contributed by atoms with Gasteiger partial charge in [0.05, 0.1) is 0 Å². The summed E-state index contributed by atoms with van der Waals surface area (Å²) in [5, 5.41) is 0. The van der Waals surface area contributed by atoms with E-state index in [4.69, 9.17) is 10.5 Å². The number of nitrogens with two attached hydrogens (primary N) is 1. The fourth-order valence-electron chi connectivity index (χ4n) is 1.85. The van der Waals surface area contributed by atoms with Crippen molar-refractivity contribution in [3.63, 3.8) is 0 Å². The number of hydrogen-bond acceptors (Lipinski definition) is 2. The van der Waals surface area contributed by atoms with Crippen molar-refractivity contribution >= 4 is 0 Å². The van der Waals surface area contributed by atoms with Crippen LogP contribution in [0, 0.1) is 18.6 Å². The summed E-state index contributed by atoms with van der Waals surface area (Å²) < 4.78 is 32.6. The standard InChI is InChI=1S/C15H15F2NO/c1-9-6-7-11(16)8-14(9)19-13-5-3-4-12(17)15(13)10(2)18/h3-8,10H,18H2,1-2H3. The van der Waals surface area contributed by atoms with Crippen LogP contribution in [-0.2, 0) is 0 Å². The summed E-state index contributed by atoms with van der Waals surface area (Å²) in [6.45, 7) is 3.46. The minimum absolute atomic E-state index is 0.283. The van der Waals surface area contributed by atoms with E-state index in [2.05, 4.69) is 0 Å². The predicted octanol–water partition coefficient (Wildman–Crippen LogP) is 4.09. The molecule has 100 valence electrons. The molecular weight excluding hydrogens is 248 g/mol. The largest absolute Gasteiger partial charge is 0.457 e. The second kappa shape index (κ2) is 5.36. The summed E-state index contributed by atoms with van der Waals surface area (Å²) in [7, 11) is 0. The molecule has 0 amide bonds. The van der Waals surface area contributed by atoms with Gasteiger partial charge in [0.25, 0.3) is 0 Å². The predicted molar refractivity (Wildman–Crippen MR) is 70.2 cm³/mol. The molecule has 0 spiro atoms. The summed E-state index contributed by atoms with van der Waals surface area (Å²) in [5.74, 6) is -0.169. The Morgan fingerprint density at radius 2 is 1.84 bits per heavy atom. The fraction of sp³-hybridized carbons (Fsp3) is 0.200. The third kappa shape index (κ3) is 2.90. The summed E-state index contributed by atoms with van der Waals surface area (Å²) in [5.41, 5.74) is 6.79. The first-order chi connectivity index (χ1) is 8.99. The van der Waals surface area contributed by atoms with Gasteiger partial charge >= 0.3 is 0 Å². The monoisotopic (exact) mass is 263 g/mol. The van der Waals surface area contributed by atoms with Crippen LogP contribution in [0.1, 0.15) is 24.1 Å². The highest BCUT2D eigenvalue weighted by atomic mass is 19.1. The van der Waals surface area contributed by atoms with Crippen LogP contribution < -0.4 is 10.5 Å². The molecule has 0 aliphatic carbocycles. The maximum Gasteiger partial charge on any atom is 0.135 e. The van der Waals surface area contributed by atoms with Crippen LogP contribution in [0.5, 0.6) is 11.5 Å². The molecule has 0 radical (unpaired) electrons. The van der Waals surface area contributed by atoms with Crippen LogP contribution in [0.3, 0.4) is 0 Å². The molecule has 19 heavy (non-hydrogen) atoms. The zero-order valence-electron chi connectivity index (χ0n) is 10.8. The molecule has 4 heteroatoms. The molecule has 0 aromatic heterocycles. The van der Waals surface area contributed by atoms with Crippen molar-refractivity contribution in [2.45, 2.75) is 19.9 Å². The van der Waals surface area contributed by atoms with E-state index in [9.17, 15) is 8.78 Å². The van der Waals surface area contributed by atoms with Gasteiger partial charge in [-0.1, -0.05) is 12.1 Å². The lowest BCUT2D eigenvalue weighted by Crippen LogP contribution is -2.09. The molecule has 1 unspecified atom stereocenters. The van der Waals surface area contributed by atoms with Crippen LogP contribution in [0.2, 0.25) is 0 Å². The van der Waals surface area contributed by atoms with Crippen molar-refractivity contribution in [3.8, 4) is 11.5 Å². The molecule has 0 bridgehead atoms. The second-order valence-electron chi connectivity index (χ2n) is 4.45. The minimum Gasteiger partial charge on any atom is -0.457 e. The topological polar surface area (TPSA) is 35.2 Å². The maximum absolute atomic E-state index is 13.7. The van der Waals surface area contributed by atoms with Gasteiger partial charge in [0.2, 0.25) is 0 Å². The van der Waals surface area contributed by atoms with Crippen molar-refractivity contribution in [2.24, 2.45) is 5.73 Å². The zero-order chi connectivity index (χ0) is 14.0. The Morgan fingerprint density at radius 3 is 2.53 bits per heavy atom. The fourth-order valence-corrected chi connectivity index (χ4v) is 1.85. The Labute approximate surface area is 110 Å². The van der Waals surface area contributed by atoms with Gasteiger partial charge in [-0.25, -0.2) is 8.78 Å². The molecule has 0 aliphatic heterocycles. The number of halogens is 2. The Kier molecular flexibility index (Phi) is 3.81. The molecule has 0 aliphatic rings. The molecule has 2 nitrogen and oxygen atoms in total. The van der Waals surface area contributed by atoms with Crippen LogP contribution in [0.25, 0.3) is 0 Å². The number of benzene rings is 2. The van der Waals surface area contributed by atoms with E-state index >= 15 is 0 Å². The summed E-state index contributed by atoms with van der Waals surface area (Å²) >= 11 is 0. The summed E-state index contributed by atoms with van der Waals surface area (Å²) in [4.78, 5) is 0. The molecule has 0 heterocycles. The minimum atomic E-state index is -0.509. The molecule has 0 saturated heterocycles. The smallest absolute Gasteiger partial charge is 0.135 e. The van der Waals surface area contributed by atoms with Crippen LogP contribution >= 0.6 is 0 Å². The zero-order valence-corrected chi connectivity index (χ0v) is 10.8. The molecule has 2 aromatic carbocycles. The lowest BCUT2D eigenvalue weighted by molar-refractivity contribution is 0.453. The first-order valence-corrected chi connectivity index (χ1v) is 5.97. The van der Waals surface area contributed by atoms with Crippen LogP contribution in [0.15, 0.2) is 36.4 Å². The van der Waals surface area contributed by atoms with Gasteiger partial charge in [0.15, 0.2) is 0 Å². The van der Waals surface area contributed by atoms with Gasteiger partial charge in [-0.3, -0.25) is 0 Å². The van der Waals surface area contributed by atoms with Crippen LogP contribution in [-0.4, -0.2) is 0 Å². The maximum atomic E-state index is 13.7. The Morgan fingerprint density at radius 1 is 1.11 bits per heavy atom. The third-order valence-electron chi connectivity index (χ3n) is 2.84. The normalized spacial score (nSPS) is 12.3. The van der Waals surface area contributed by atoms with Gasteiger partial charge in [0.1, 0.15) is 23.1 Å². The average molecular weight is 263 g/mol. The Hall–Kier alpha value is -1.94. The van der Waals surface area contributed by atoms with E-state index in [0.29, 0.717) is 11.5 Å². The first kappa shape index (κ1) is 13.5. The number of rotatable bonds is 3. The third-order valence-corrected chi connectivity index (χ3v) is 2.84. The SMILES string of the molecule is Cc1ccc(F)cc1Oc1cccc(F)c1C(C)N. The van der Waals surface area contributed by atoms with Gasteiger partial charge in [-0.2, -0.15) is 0 Å². The summed E-state index contributed by atoms with van der Waals surface area (Å²) in [6.07, 6.45) is 0. The number of ether oxygens (including phenoxy) is 1. The van der Waals surface area contributed by atoms with Crippen molar-refractivity contribution < 1.29 is 13.5 Å². The van der Waals surface area contributed by atoms with Crippen molar-refractivity contribution in [3.05, 3.63) is 59.2 Å². The molecule has 1 atom stereocenters. The van der Waals surface area contributed by atoms with Gasteiger partial charge in [-0.05, 0) is 37.6 Å². The first-order valence-electron chi connectivity index (χ1n) is 5.97. The summed E-state index contributed by atoms with van der Waals surface area (Å²) in [6, 6.07) is 8.19. The second-order valence-corrected chi connectivity index (χ2v) is 4.45. The Balaban J connectivity index is 2.44. The molecule has 2 aromatic rings. The van der Waals surface area contributed by atoms with Gasteiger partial charge in [-0.15, -0.1) is 0 Å². The van der Waals surface area contributed by atoms with Crippen molar-refractivity contribution in [1.29, 1.82) is 0 Å². The van der Waals surface area contributed by atoms with E-state index in [1.54, 1.807) is 26.0 Å². The van der Waals surface area contributed by atoms with E-state index < -0.39 is 17.7 Å². The Bertz CT molecular complexity index is 597. The quantitative estimate of drug-likeness (QED) is 0.905. The van der Waals surface area contributed by atoms with Crippen molar-refractivity contribution in [2.75, 3.05) is 0 Å². The molecular formula is C15H15F2NO. The van der Waals surface area contributed by atoms with Gasteiger partial charge in [0, 0.05) is 17.7 Å². The molecule has 0 saturated carbocycles. The molecule has 0 fully saturated rings. The van der Waals surface area contributed by atoms with E-state index in [0.717, 1.165) is 5.56 Å². The highest BCUT2D eigenvalue weighted by molar-refractivity contribution is 5.42. The van der Waals surface area contributed by atoms with Crippen LogP contribution in [0.4, 0.5) is 8.78 Å². The van der Waals surface area contributed by atoms with Gasteiger partial charge < -0.3 is 10.5 Å². The average Bonchev–Trinajstić information content (AvgIpc) is 2.33. The lowest BCUT2D eigenvalue weighted by Gasteiger charge is -2.15. The van der Waals surface area contributed by atoms with E-state index in [-0.39, 0.29) is 5.56 Å². The lowest BCUT2D eigenvalue weighted by atomic mass is 10.1. The van der Waals surface area contributed by atoms with E-state index in [1.165, 1.54) is 24.3 Å². The number of hydrogen-bond donors (Lipinski definition) is 1. The molecule has 2 N–H and O–H groups in total. The van der Waals surface area contributed by atoms with Crippen molar-refractivity contribution in [1.82, 2.24) is 0 Å². The highest BCUT2D eigenvalue weighted by Crippen LogP contribution is 2.32. The molecule has 2 rings (SSSR count). The van der Waals surface area contributed by atoms with E-state index in [1.807, 2.05) is 0 Å². The highest BCUT2D eigenvalue weighted by Gasteiger charge is 2.15.